The summed E-state index contributed by atoms with van der Waals surface area (Å²) < 4.78 is 64.2. The van der Waals surface area contributed by atoms with Crippen LogP contribution in [-0.2, 0) is 47.9 Å². The molecule has 0 aliphatic carbocycles. The van der Waals surface area contributed by atoms with Crippen LogP contribution in [-0.4, -0.2) is 37.4 Å². The molecule has 1 aliphatic heterocycles. The lowest BCUT2D eigenvalue weighted by molar-refractivity contribution is -0.138. The van der Waals surface area contributed by atoms with E-state index in [9.17, 15) is 22.2 Å². The van der Waals surface area contributed by atoms with Crippen molar-refractivity contribution in [2.75, 3.05) is 12.8 Å². The van der Waals surface area contributed by atoms with Crippen molar-refractivity contribution in [1.82, 2.24) is 9.29 Å². The Hall–Kier alpha value is -3.18. The molecule has 0 saturated carbocycles. The number of halogens is 3. The van der Waals surface area contributed by atoms with Crippen LogP contribution >= 0.6 is 0 Å². The SMILES string of the molecule is Cc1nc(-c2ccc(C(F)(F)F)cc2)oc1COc1ccc(CCC(=O)O)c2c1CCN(S(C)=O)C2. The molecule has 1 unspecified atom stereocenters. The maximum Gasteiger partial charge on any atom is 0.416 e. The standard InChI is InChI=1S/C25H25F3N2O5S/c1-15-22(35-24(29-15)17-3-7-18(8-4-17)25(26,27)28)14-34-21-9-5-16(6-10-23(31)32)20-13-30(36(2)33)12-11-19(20)21/h3-5,7-9H,6,10-14H2,1-2H3,(H,31,32). The minimum Gasteiger partial charge on any atom is -0.485 e. The first-order valence-electron chi connectivity index (χ1n) is 11.2. The molecule has 1 N–H and O–H groups in total. The predicted molar refractivity (Wildman–Crippen MR) is 127 cm³/mol. The molecule has 11 heteroatoms. The van der Waals surface area contributed by atoms with Crippen LogP contribution in [0.5, 0.6) is 5.75 Å². The third-order valence-corrected chi connectivity index (χ3v) is 7.15. The summed E-state index contributed by atoms with van der Waals surface area (Å²) in [6, 6.07) is 8.23. The zero-order valence-corrected chi connectivity index (χ0v) is 20.5. The van der Waals surface area contributed by atoms with Gasteiger partial charge >= 0.3 is 12.1 Å². The lowest BCUT2D eigenvalue weighted by Gasteiger charge is -2.29. The van der Waals surface area contributed by atoms with Crippen LogP contribution in [0.2, 0.25) is 0 Å². The monoisotopic (exact) mass is 522 g/mol. The second-order valence-corrected chi connectivity index (χ2v) is 9.87. The summed E-state index contributed by atoms with van der Waals surface area (Å²) in [5.74, 6) is 0.380. The number of hydrogen-bond acceptors (Lipinski definition) is 5. The van der Waals surface area contributed by atoms with E-state index in [0.29, 0.717) is 48.7 Å². The van der Waals surface area contributed by atoms with Gasteiger partial charge in [0.05, 0.1) is 22.2 Å². The molecule has 0 bridgehead atoms. The summed E-state index contributed by atoms with van der Waals surface area (Å²) in [5, 5.41) is 9.09. The number of benzene rings is 2. The number of nitrogens with zero attached hydrogens (tertiary/aromatic N) is 2. The summed E-state index contributed by atoms with van der Waals surface area (Å²) in [5.41, 5.74) is 2.99. The smallest absolute Gasteiger partial charge is 0.416 e. The third-order valence-electron chi connectivity index (χ3n) is 6.11. The molecule has 4 rings (SSSR count). The fourth-order valence-corrected chi connectivity index (χ4v) is 4.80. The van der Waals surface area contributed by atoms with Gasteiger partial charge in [0.25, 0.3) is 0 Å². The molecular weight excluding hydrogens is 497 g/mol. The van der Waals surface area contributed by atoms with Crippen molar-refractivity contribution in [2.24, 2.45) is 0 Å². The van der Waals surface area contributed by atoms with Gasteiger partial charge in [-0.3, -0.25) is 4.79 Å². The van der Waals surface area contributed by atoms with Gasteiger partial charge in [0.15, 0.2) is 5.76 Å². The molecule has 1 atom stereocenters. The van der Waals surface area contributed by atoms with Crippen LogP contribution in [0.4, 0.5) is 13.2 Å². The van der Waals surface area contributed by atoms with Gasteiger partial charge in [-0.1, -0.05) is 6.07 Å². The van der Waals surface area contributed by atoms with Gasteiger partial charge in [-0.15, -0.1) is 0 Å². The van der Waals surface area contributed by atoms with E-state index in [4.69, 9.17) is 14.3 Å². The van der Waals surface area contributed by atoms with Crippen LogP contribution in [0.3, 0.4) is 0 Å². The summed E-state index contributed by atoms with van der Waals surface area (Å²) in [4.78, 5) is 15.4. The topological polar surface area (TPSA) is 92.9 Å². The third kappa shape index (κ3) is 5.79. The molecule has 2 heterocycles. The zero-order valence-electron chi connectivity index (χ0n) is 19.7. The number of hydrogen-bond donors (Lipinski definition) is 1. The van der Waals surface area contributed by atoms with Gasteiger partial charge in [0.2, 0.25) is 5.89 Å². The van der Waals surface area contributed by atoms with Crippen molar-refractivity contribution in [1.29, 1.82) is 0 Å². The highest BCUT2D eigenvalue weighted by atomic mass is 32.2. The highest BCUT2D eigenvalue weighted by Gasteiger charge is 2.30. The minimum absolute atomic E-state index is 0.00809. The number of ether oxygens (including phenoxy) is 1. The Morgan fingerprint density at radius 1 is 1.19 bits per heavy atom. The average Bonchev–Trinajstić information content (AvgIpc) is 3.21. The van der Waals surface area contributed by atoms with Gasteiger partial charge in [-0.25, -0.2) is 13.5 Å². The van der Waals surface area contributed by atoms with Crippen molar-refractivity contribution < 1.29 is 36.4 Å². The maximum atomic E-state index is 12.8. The van der Waals surface area contributed by atoms with E-state index < -0.39 is 28.7 Å². The molecule has 0 spiro atoms. The molecule has 1 aliphatic rings. The highest BCUT2D eigenvalue weighted by molar-refractivity contribution is 7.81. The van der Waals surface area contributed by atoms with Crippen LogP contribution in [0.15, 0.2) is 40.8 Å². The van der Waals surface area contributed by atoms with Crippen LogP contribution < -0.4 is 4.74 Å². The molecule has 0 radical (unpaired) electrons. The number of fused-ring (bicyclic) bond motifs is 1. The lowest BCUT2D eigenvalue weighted by atomic mass is 9.92. The average molecular weight is 523 g/mol. The predicted octanol–water partition coefficient (Wildman–Crippen LogP) is 4.92. The lowest BCUT2D eigenvalue weighted by Crippen LogP contribution is -2.32. The Morgan fingerprint density at radius 3 is 2.56 bits per heavy atom. The molecule has 0 saturated heterocycles. The minimum atomic E-state index is -4.42. The number of carboxylic acid groups (broad SMARTS) is 1. The first kappa shape index (κ1) is 25.9. The summed E-state index contributed by atoms with van der Waals surface area (Å²) in [6.07, 6.45) is -1.86. The molecule has 7 nitrogen and oxygen atoms in total. The molecule has 0 fully saturated rings. The summed E-state index contributed by atoms with van der Waals surface area (Å²) in [7, 11) is -1.15. The number of aromatic nitrogens is 1. The number of carboxylic acids is 1. The molecule has 36 heavy (non-hydrogen) atoms. The van der Waals surface area contributed by atoms with E-state index >= 15 is 0 Å². The Morgan fingerprint density at radius 2 is 1.92 bits per heavy atom. The Balaban J connectivity index is 1.54. The van der Waals surface area contributed by atoms with E-state index in [-0.39, 0.29) is 18.9 Å². The molecule has 192 valence electrons. The largest absolute Gasteiger partial charge is 0.485 e. The Bertz CT molecular complexity index is 1290. The van der Waals surface area contributed by atoms with Gasteiger partial charge in [0, 0.05) is 36.9 Å². The number of alkyl halides is 3. The van der Waals surface area contributed by atoms with Gasteiger partial charge in [-0.05, 0) is 61.2 Å². The van der Waals surface area contributed by atoms with Crippen molar-refractivity contribution in [3.05, 3.63) is 70.1 Å². The quantitative estimate of drug-likeness (QED) is 0.452. The number of oxazole rings is 1. The second kappa shape index (κ2) is 10.4. The zero-order chi connectivity index (χ0) is 26.0. The van der Waals surface area contributed by atoms with Crippen molar-refractivity contribution in [3.63, 3.8) is 0 Å². The number of rotatable bonds is 8. The molecular formula is C25H25F3N2O5S. The van der Waals surface area contributed by atoms with Crippen LogP contribution in [0, 0.1) is 6.92 Å². The number of aryl methyl sites for hydroxylation is 2. The van der Waals surface area contributed by atoms with E-state index in [1.807, 2.05) is 10.4 Å². The van der Waals surface area contributed by atoms with Crippen LogP contribution in [0.25, 0.3) is 11.5 Å². The van der Waals surface area contributed by atoms with E-state index in [0.717, 1.165) is 28.8 Å². The molecule has 0 amide bonds. The van der Waals surface area contributed by atoms with Crippen molar-refractivity contribution in [3.8, 4) is 17.2 Å². The van der Waals surface area contributed by atoms with E-state index in [2.05, 4.69) is 4.98 Å². The molecule has 3 aromatic rings. The van der Waals surface area contributed by atoms with E-state index in [1.54, 1.807) is 19.2 Å². The molecule has 2 aromatic carbocycles. The first-order valence-corrected chi connectivity index (χ1v) is 12.7. The number of aliphatic carboxylic acids is 1. The van der Waals surface area contributed by atoms with Crippen molar-refractivity contribution in [2.45, 2.75) is 45.5 Å². The van der Waals surface area contributed by atoms with Gasteiger partial charge < -0.3 is 14.3 Å². The second-order valence-electron chi connectivity index (χ2n) is 8.50. The molecule has 1 aromatic heterocycles. The first-order chi connectivity index (χ1) is 17.0. The Kier molecular flexibility index (Phi) is 7.51. The normalized spacial score (nSPS) is 14.9. The fraction of sp³-hybridized carbons (Fsp3) is 0.360. The number of carbonyl (C=O) groups is 1. The summed E-state index contributed by atoms with van der Waals surface area (Å²) >= 11 is 0. The Labute approximate surface area is 208 Å². The maximum absolute atomic E-state index is 12.8. The highest BCUT2D eigenvalue weighted by Crippen LogP contribution is 2.34. The van der Waals surface area contributed by atoms with Gasteiger partial charge in [0.1, 0.15) is 12.4 Å². The van der Waals surface area contributed by atoms with Gasteiger partial charge in [-0.2, -0.15) is 13.2 Å². The summed E-state index contributed by atoms with van der Waals surface area (Å²) in [6.45, 7) is 2.80. The fourth-order valence-electron chi connectivity index (χ4n) is 4.14. The van der Waals surface area contributed by atoms with E-state index in [1.165, 1.54) is 12.1 Å². The van der Waals surface area contributed by atoms with Crippen molar-refractivity contribution >= 4 is 17.0 Å². The van der Waals surface area contributed by atoms with Crippen LogP contribution in [0.1, 0.15) is 40.1 Å².